The number of rotatable bonds is 7. The Bertz CT molecular complexity index is 400. The molecule has 0 saturated carbocycles. The van der Waals surface area contributed by atoms with Gasteiger partial charge in [0.2, 0.25) is 0 Å². The zero-order chi connectivity index (χ0) is 14.3. The Morgan fingerprint density at radius 2 is 2.21 bits per heavy atom. The standard InChI is InChI=1S/C14H19NO4/c1-4-5-6-7-10-15-11(8-9-12(16)18-2)13(19-3)14(15)17/h4-6,8-9,11,13H,1,7,10H2,2-3H3/b6-5+,9-8-/t11-,13+/m0/s1. The van der Waals surface area contributed by atoms with Gasteiger partial charge in [-0.15, -0.1) is 0 Å². The molecule has 2 atom stereocenters. The highest BCUT2D eigenvalue weighted by Gasteiger charge is 2.45. The van der Waals surface area contributed by atoms with Crippen LogP contribution < -0.4 is 0 Å². The van der Waals surface area contributed by atoms with Crippen molar-refractivity contribution in [1.29, 1.82) is 0 Å². The molecule has 0 aromatic carbocycles. The molecule has 1 aliphatic heterocycles. The van der Waals surface area contributed by atoms with Gasteiger partial charge in [-0.3, -0.25) is 4.79 Å². The minimum absolute atomic E-state index is 0.0611. The Morgan fingerprint density at radius 1 is 1.47 bits per heavy atom. The van der Waals surface area contributed by atoms with Gasteiger partial charge in [0, 0.05) is 19.7 Å². The van der Waals surface area contributed by atoms with Gasteiger partial charge in [-0.25, -0.2) is 4.79 Å². The van der Waals surface area contributed by atoms with E-state index in [2.05, 4.69) is 11.3 Å². The summed E-state index contributed by atoms with van der Waals surface area (Å²) in [7, 11) is 2.79. The van der Waals surface area contributed by atoms with Crippen molar-refractivity contribution in [3.8, 4) is 0 Å². The normalized spacial score (nSPS) is 22.8. The van der Waals surface area contributed by atoms with Gasteiger partial charge in [0.25, 0.3) is 5.91 Å². The molecule has 104 valence electrons. The van der Waals surface area contributed by atoms with Crippen LogP contribution in [0.1, 0.15) is 6.42 Å². The van der Waals surface area contributed by atoms with Crippen LogP contribution in [0.3, 0.4) is 0 Å². The Kier molecular flexibility index (Phi) is 6.02. The van der Waals surface area contributed by atoms with E-state index in [0.29, 0.717) is 6.54 Å². The van der Waals surface area contributed by atoms with E-state index in [0.717, 1.165) is 6.42 Å². The van der Waals surface area contributed by atoms with Crippen LogP contribution in [0.15, 0.2) is 37.0 Å². The molecule has 0 aromatic heterocycles. The molecular formula is C14H19NO4. The van der Waals surface area contributed by atoms with Crippen molar-refractivity contribution >= 4 is 11.9 Å². The molecule has 0 bridgehead atoms. The molecule has 0 spiro atoms. The van der Waals surface area contributed by atoms with Gasteiger partial charge < -0.3 is 14.4 Å². The largest absolute Gasteiger partial charge is 0.466 e. The van der Waals surface area contributed by atoms with Crippen molar-refractivity contribution in [3.05, 3.63) is 37.0 Å². The first kappa shape index (κ1) is 15.2. The lowest BCUT2D eigenvalue weighted by Crippen LogP contribution is -2.64. The molecule has 0 radical (unpaired) electrons. The number of hydrogen-bond donors (Lipinski definition) is 0. The van der Waals surface area contributed by atoms with Gasteiger partial charge in [0.05, 0.1) is 13.2 Å². The van der Waals surface area contributed by atoms with Gasteiger partial charge in [-0.2, -0.15) is 0 Å². The topological polar surface area (TPSA) is 55.8 Å². The first-order valence-electron chi connectivity index (χ1n) is 6.02. The van der Waals surface area contributed by atoms with E-state index in [1.165, 1.54) is 20.3 Å². The molecule has 1 heterocycles. The van der Waals surface area contributed by atoms with Gasteiger partial charge in [0.1, 0.15) is 0 Å². The maximum atomic E-state index is 11.8. The van der Waals surface area contributed by atoms with Crippen LogP contribution in [0.4, 0.5) is 0 Å². The number of carbonyl (C=O) groups is 2. The van der Waals surface area contributed by atoms with Crippen LogP contribution in [0, 0.1) is 0 Å². The van der Waals surface area contributed by atoms with Crippen molar-refractivity contribution < 1.29 is 19.1 Å². The van der Waals surface area contributed by atoms with Gasteiger partial charge in [-0.05, 0) is 6.42 Å². The lowest BCUT2D eigenvalue weighted by Gasteiger charge is -2.44. The third-order valence-corrected chi connectivity index (χ3v) is 2.89. The van der Waals surface area contributed by atoms with Gasteiger partial charge in [-0.1, -0.05) is 30.9 Å². The van der Waals surface area contributed by atoms with Crippen molar-refractivity contribution in [1.82, 2.24) is 4.90 Å². The predicted octanol–water partition coefficient (Wildman–Crippen LogP) is 1.07. The quantitative estimate of drug-likeness (QED) is 0.299. The fraction of sp³-hybridized carbons (Fsp3) is 0.429. The third-order valence-electron chi connectivity index (χ3n) is 2.89. The second kappa shape index (κ2) is 7.53. The number of nitrogens with zero attached hydrogens (tertiary/aromatic N) is 1. The zero-order valence-corrected chi connectivity index (χ0v) is 11.2. The first-order chi connectivity index (χ1) is 9.15. The molecule has 1 rings (SSSR count). The average Bonchev–Trinajstić information content (AvgIpc) is 2.42. The summed E-state index contributed by atoms with van der Waals surface area (Å²) in [5, 5.41) is 0. The summed E-state index contributed by atoms with van der Waals surface area (Å²) >= 11 is 0. The molecule has 0 N–H and O–H groups in total. The molecule has 1 aliphatic rings. The molecule has 5 heteroatoms. The minimum atomic E-state index is -0.510. The maximum Gasteiger partial charge on any atom is 0.330 e. The number of allylic oxidation sites excluding steroid dienone is 2. The number of hydrogen-bond acceptors (Lipinski definition) is 4. The minimum Gasteiger partial charge on any atom is -0.466 e. The zero-order valence-electron chi connectivity index (χ0n) is 11.2. The number of amides is 1. The first-order valence-corrected chi connectivity index (χ1v) is 6.02. The average molecular weight is 265 g/mol. The number of carbonyl (C=O) groups excluding carboxylic acids is 2. The van der Waals surface area contributed by atoms with E-state index < -0.39 is 12.1 Å². The van der Waals surface area contributed by atoms with Crippen molar-refractivity contribution in [2.75, 3.05) is 20.8 Å². The summed E-state index contributed by atoms with van der Waals surface area (Å²) in [5.41, 5.74) is 0. The highest BCUT2D eigenvalue weighted by Crippen LogP contribution is 2.24. The van der Waals surface area contributed by atoms with Crippen LogP contribution in [0.25, 0.3) is 0 Å². The summed E-state index contributed by atoms with van der Waals surface area (Å²) in [6.45, 7) is 4.16. The van der Waals surface area contributed by atoms with Gasteiger partial charge in [0.15, 0.2) is 6.10 Å². The van der Waals surface area contributed by atoms with Gasteiger partial charge >= 0.3 is 5.97 Å². The second-order valence-corrected chi connectivity index (χ2v) is 4.01. The molecule has 0 aromatic rings. The number of ether oxygens (including phenoxy) is 2. The Hall–Kier alpha value is -1.88. The van der Waals surface area contributed by atoms with Crippen LogP contribution in [-0.2, 0) is 19.1 Å². The fourth-order valence-electron chi connectivity index (χ4n) is 1.89. The predicted molar refractivity (Wildman–Crippen MR) is 71.4 cm³/mol. The van der Waals surface area contributed by atoms with Crippen LogP contribution in [-0.4, -0.2) is 49.7 Å². The van der Waals surface area contributed by atoms with Crippen molar-refractivity contribution in [2.45, 2.75) is 18.6 Å². The van der Waals surface area contributed by atoms with Crippen LogP contribution in [0.5, 0.6) is 0 Å². The van der Waals surface area contributed by atoms with Crippen molar-refractivity contribution in [2.24, 2.45) is 0 Å². The SMILES string of the molecule is C=C/C=C/CCN1C(=O)[C@H](OC)[C@@H]1/C=C\C(=O)OC. The monoisotopic (exact) mass is 265 g/mol. The summed E-state index contributed by atoms with van der Waals surface area (Å²) < 4.78 is 9.63. The number of methoxy groups -OCH3 is 2. The third kappa shape index (κ3) is 3.79. The van der Waals surface area contributed by atoms with E-state index in [9.17, 15) is 9.59 Å². The molecule has 1 fully saturated rings. The Labute approximate surface area is 113 Å². The number of likely N-dealkylation sites (tertiary alicyclic amines) is 1. The molecule has 1 saturated heterocycles. The molecule has 0 aliphatic carbocycles. The Morgan fingerprint density at radius 3 is 2.79 bits per heavy atom. The van der Waals surface area contributed by atoms with E-state index in [1.54, 1.807) is 17.1 Å². The summed E-state index contributed by atoms with van der Waals surface area (Å²) in [4.78, 5) is 24.5. The summed E-state index contributed by atoms with van der Waals surface area (Å²) in [5.74, 6) is -0.505. The van der Waals surface area contributed by atoms with E-state index >= 15 is 0 Å². The van der Waals surface area contributed by atoms with Crippen molar-refractivity contribution in [3.63, 3.8) is 0 Å². The van der Waals surface area contributed by atoms with E-state index in [1.807, 2.05) is 12.2 Å². The lowest BCUT2D eigenvalue weighted by atomic mass is 9.97. The number of β-lactam (4-membered cyclic amide) rings is 1. The maximum absolute atomic E-state index is 11.8. The van der Waals surface area contributed by atoms with Crippen LogP contribution >= 0.6 is 0 Å². The lowest BCUT2D eigenvalue weighted by molar-refractivity contribution is -0.165. The van der Waals surface area contributed by atoms with E-state index in [-0.39, 0.29) is 11.9 Å². The molecule has 5 nitrogen and oxygen atoms in total. The fourth-order valence-corrected chi connectivity index (χ4v) is 1.89. The molecule has 1 amide bonds. The summed E-state index contributed by atoms with van der Waals surface area (Å²) in [6.07, 6.45) is 8.62. The highest BCUT2D eigenvalue weighted by atomic mass is 16.5. The molecular weight excluding hydrogens is 246 g/mol. The highest BCUT2D eigenvalue weighted by molar-refractivity contribution is 5.90. The molecule has 19 heavy (non-hydrogen) atoms. The number of esters is 1. The second-order valence-electron chi connectivity index (χ2n) is 4.01. The smallest absolute Gasteiger partial charge is 0.330 e. The molecule has 0 unspecified atom stereocenters. The summed E-state index contributed by atoms with van der Waals surface area (Å²) in [6, 6.07) is -0.214. The Balaban J connectivity index is 2.60. The van der Waals surface area contributed by atoms with E-state index in [4.69, 9.17) is 4.74 Å². The van der Waals surface area contributed by atoms with Crippen LogP contribution in [0.2, 0.25) is 0 Å².